The van der Waals surface area contributed by atoms with Gasteiger partial charge in [0.2, 0.25) is 5.91 Å². The lowest BCUT2D eigenvalue weighted by Crippen LogP contribution is -2.21. The number of carbonyl (C=O) groups is 1. The summed E-state index contributed by atoms with van der Waals surface area (Å²) in [6.45, 7) is 11.1. The van der Waals surface area contributed by atoms with Crippen molar-refractivity contribution < 1.29 is 4.79 Å². The molecule has 0 saturated heterocycles. The lowest BCUT2D eigenvalue weighted by atomic mass is 10.2. The number of hydrogen-bond acceptors (Lipinski definition) is 1. The summed E-state index contributed by atoms with van der Waals surface area (Å²) in [7, 11) is 0. The molecule has 1 rings (SSSR count). The molecule has 0 fully saturated rings. The van der Waals surface area contributed by atoms with Crippen molar-refractivity contribution in [3.63, 3.8) is 0 Å². The number of amides is 1. The Morgan fingerprint density at radius 3 is 2.50 bits per heavy atom. The molecule has 0 aliphatic carbocycles. The van der Waals surface area contributed by atoms with Crippen molar-refractivity contribution in [1.82, 2.24) is 9.88 Å². The molecule has 0 radical (unpaired) electrons. The van der Waals surface area contributed by atoms with Crippen molar-refractivity contribution in [2.24, 2.45) is 0 Å². The van der Waals surface area contributed by atoms with Crippen molar-refractivity contribution in [1.29, 1.82) is 0 Å². The molecule has 0 spiro atoms. The fourth-order valence-electron chi connectivity index (χ4n) is 2.14. The van der Waals surface area contributed by atoms with Crippen LogP contribution in [0, 0.1) is 13.8 Å². The van der Waals surface area contributed by atoms with E-state index in [-0.39, 0.29) is 5.91 Å². The molecule has 0 atom stereocenters. The molecule has 0 aliphatic heterocycles. The Morgan fingerprint density at radius 2 is 2.06 bits per heavy atom. The van der Waals surface area contributed by atoms with Crippen LogP contribution in [0.5, 0.6) is 0 Å². The molecule has 3 nitrogen and oxygen atoms in total. The van der Waals surface area contributed by atoms with Crippen LogP contribution in [0.25, 0.3) is 0 Å². The summed E-state index contributed by atoms with van der Waals surface area (Å²) in [5, 5.41) is 2.92. The Morgan fingerprint density at radius 1 is 1.44 bits per heavy atom. The Kier molecular flexibility index (Phi) is 4.16. The van der Waals surface area contributed by atoms with Gasteiger partial charge >= 0.3 is 0 Å². The summed E-state index contributed by atoms with van der Waals surface area (Å²) in [5.41, 5.74) is 3.73. The predicted octanol–water partition coefficient (Wildman–Crippen LogP) is 2.71. The van der Waals surface area contributed by atoms with Gasteiger partial charge in [0.15, 0.2) is 0 Å². The molecule has 3 heteroatoms. The molecule has 1 aromatic rings. The zero-order chi connectivity index (χ0) is 12.3. The fourth-order valence-corrected chi connectivity index (χ4v) is 2.14. The van der Waals surface area contributed by atoms with E-state index in [1.54, 1.807) is 0 Å². The highest BCUT2D eigenvalue weighted by Gasteiger charge is 2.11. The second-order valence-electron chi connectivity index (χ2n) is 4.49. The van der Waals surface area contributed by atoms with Gasteiger partial charge in [0, 0.05) is 30.4 Å². The van der Waals surface area contributed by atoms with Crippen LogP contribution in [0.3, 0.4) is 0 Å². The molecule has 0 aromatic carbocycles. The molecule has 0 bridgehead atoms. The summed E-state index contributed by atoms with van der Waals surface area (Å²) in [6, 6.07) is 2.63. The maximum atomic E-state index is 11.2. The van der Waals surface area contributed by atoms with E-state index in [1.165, 1.54) is 17.0 Å². The van der Waals surface area contributed by atoms with Crippen LogP contribution in [-0.4, -0.2) is 10.5 Å². The van der Waals surface area contributed by atoms with Crippen molar-refractivity contribution in [3.8, 4) is 0 Å². The lowest BCUT2D eigenvalue weighted by Gasteiger charge is -2.13. The smallest absolute Gasteiger partial charge is 0.219 e. The van der Waals surface area contributed by atoms with E-state index in [9.17, 15) is 4.79 Å². The third kappa shape index (κ3) is 2.65. The van der Waals surface area contributed by atoms with Gasteiger partial charge in [0.05, 0.1) is 0 Å². The van der Waals surface area contributed by atoms with Crippen LogP contribution in [-0.2, 0) is 11.3 Å². The van der Waals surface area contributed by atoms with E-state index < -0.39 is 0 Å². The molecule has 16 heavy (non-hydrogen) atoms. The van der Waals surface area contributed by atoms with E-state index >= 15 is 0 Å². The molecule has 1 aromatic heterocycles. The lowest BCUT2D eigenvalue weighted by molar-refractivity contribution is -0.120. The standard InChI is InChI=1S/C13H22N2O/c1-6-13(16)14-8-12-7-10(4)15(9(2)3)11(12)5/h7,9H,6,8H2,1-5H3,(H,14,16). The molecule has 1 amide bonds. The number of aromatic nitrogens is 1. The Labute approximate surface area is 97.8 Å². The normalized spacial score (nSPS) is 10.9. The van der Waals surface area contributed by atoms with Gasteiger partial charge in [-0.2, -0.15) is 0 Å². The summed E-state index contributed by atoms with van der Waals surface area (Å²) in [6.07, 6.45) is 0.545. The van der Waals surface area contributed by atoms with Gasteiger partial charge in [-0.25, -0.2) is 0 Å². The summed E-state index contributed by atoms with van der Waals surface area (Å²) in [4.78, 5) is 11.2. The minimum Gasteiger partial charge on any atom is -0.352 e. The molecule has 0 aliphatic rings. The second kappa shape index (κ2) is 5.19. The van der Waals surface area contributed by atoms with E-state index in [0.29, 0.717) is 19.0 Å². The molecule has 0 unspecified atom stereocenters. The summed E-state index contributed by atoms with van der Waals surface area (Å²) < 4.78 is 2.30. The Hall–Kier alpha value is -1.25. The first-order valence-corrected chi connectivity index (χ1v) is 5.91. The van der Waals surface area contributed by atoms with Gasteiger partial charge in [-0.1, -0.05) is 6.92 Å². The number of carbonyl (C=O) groups excluding carboxylic acids is 1. The van der Waals surface area contributed by atoms with Gasteiger partial charge in [0.25, 0.3) is 0 Å². The molecule has 0 saturated carbocycles. The molecule has 1 N–H and O–H groups in total. The minimum absolute atomic E-state index is 0.106. The van der Waals surface area contributed by atoms with E-state index in [0.717, 1.165) is 0 Å². The fraction of sp³-hybridized carbons (Fsp3) is 0.615. The van der Waals surface area contributed by atoms with Crippen LogP contribution in [0.1, 0.15) is 50.2 Å². The molecule has 1 heterocycles. The van der Waals surface area contributed by atoms with Crippen molar-refractivity contribution in [2.75, 3.05) is 0 Å². The van der Waals surface area contributed by atoms with Gasteiger partial charge < -0.3 is 9.88 Å². The van der Waals surface area contributed by atoms with Crippen LogP contribution in [0.4, 0.5) is 0 Å². The topological polar surface area (TPSA) is 34.0 Å². The highest BCUT2D eigenvalue weighted by molar-refractivity contribution is 5.75. The van der Waals surface area contributed by atoms with Crippen LogP contribution in [0.15, 0.2) is 6.07 Å². The number of rotatable bonds is 4. The quantitative estimate of drug-likeness (QED) is 0.835. The number of nitrogens with zero attached hydrogens (tertiary/aromatic N) is 1. The third-order valence-corrected chi connectivity index (χ3v) is 2.90. The Balaban J connectivity index is 2.82. The third-order valence-electron chi connectivity index (χ3n) is 2.90. The van der Waals surface area contributed by atoms with E-state index in [1.807, 2.05) is 6.92 Å². The highest BCUT2D eigenvalue weighted by Crippen LogP contribution is 2.19. The van der Waals surface area contributed by atoms with Crippen LogP contribution in [0.2, 0.25) is 0 Å². The zero-order valence-electron chi connectivity index (χ0n) is 10.9. The SMILES string of the molecule is CCC(=O)NCc1cc(C)n(C(C)C)c1C. The summed E-state index contributed by atoms with van der Waals surface area (Å²) >= 11 is 0. The van der Waals surface area contributed by atoms with Crippen LogP contribution < -0.4 is 5.32 Å². The second-order valence-corrected chi connectivity index (χ2v) is 4.49. The average molecular weight is 222 g/mol. The van der Waals surface area contributed by atoms with Gasteiger partial charge in [-0.15, -0.1) is 0 Å². The number of hydrogen-bond donors (Lipinski definition) is 1. The van der Waals surface area contributed by atoms with Gasteiger partial charge in [-0.05, 0) is 39.3 Å². The average Bonchev–Trinajstić information content (AvgIpc) is 2.50. The number of nitrogens with one attached hydrogen (secondary N) is 1. The highest BCUT2D eigenvalue weighted by atomic mass is 16.1. The maximum absolute atomic E-state index is 11.2. The first-order chi connectivity index (χ1) is 7.47. The van der Waals surface area contributed by atoms with Gasteiger partial charge in [0.1, 0.15) is 0 Å². The molecular formula is C13H22N2O. The van der Waals surface area contributed by atoms with Crippen molar-refractivity contribution >= 4 is 5.91 Å². The van der Waals surface area contributed by atoms with Gasteiger partial charge in [-0.3, -0.25) is 4.79 Å². The first kappa shape index (κ1) is 12.8. The van der Waals surface area contributed by atoms with Crippen molar-refractivity contribution in [3.05, 3.63) is 23.0 Å². The maximum Gasteiger partial charge on any atom is 0.219 e. The van der Waals surface area contributed by atoms with Crippen LogP contribution >= 0.6 is 0 Å². The first-order valence-electron chi connectivity index (χ1n) is 5.91. The summed E-state index contributed by atoms with van der Waals surface area (Å²) in [5.74, 6) is 0.106. The van der Waals surface area contributed by atoms with E-state index in [4.69, 9.17) is 0 Å². The largest absolute Gasteiger partial charge is 0.352 e. The zero-order valence-corrected chi connectivity index (χ0v) is 10.9. The predicted molar refractivity (Wildman–Crippen MR) is 66.4 cm³/mol. The minimum atomic E-state index is 0.106. The molecule has 90 valence electrons. The number of aryl methyl sites for hydroxylation is 1. The Bertz CT molecular complexity index is 378. The van der Waals surface area contributed by atoms with E-state index in [2.05, 4.69) is 43.6 Å². The monoisotopic (exact) mass is 222 g/mol. The molecular weight excluding hydrogens is 200 g/mol. The van der Waals surface area contributed by atoms with Crippen molar-refractivity contribution in [2.45, 2.75) is 53.6 Å².